The van der Waals surface area contributed by atoms with Gasteiger partial charge in [-0.05, 0) is 52.3 Å². The van der Waals surface area contributed by atoms with Gasteiger partial charge in [0.05, 0.1) is 25.8 Å². The number of nitrogens with zero attached hydrogens (tertiary/aromatic N) is 6. The van der Waals surface area contributed by atoms with Crippen molar-refractivity contribution in [3.63, 3.8) is 0 Å². The van der Waals surface area contributed by atoms with Crippen molar-refractivity contribution in [2.75, 3.05) is 37.0 Å². The number of nitrogen functional groups attached to an aromatic ring is 2. The summed E-state index contributed by atoms with van der Waals surface area (Å²) in [7, 11) is -1.38. The number of aliphatic hydroxyl groups is 1. The average molecular weight is 865 g/mol. The van der Waals surface area contributed by atoms with E-state index in [1.165, 1.54) is 11.1 Å². The molecule has 7 N–H and O–H groups in total. The molecule has 1 aliphatic heterocycles. The molecule has 1 aromatic carbocycles. The Balaban J connectivity index is 0.000000310. The summed E-state index contributed by atoms with van der Waals surface area (Å²) < 4.78 is 21.2. The molecule has 310 valence electrons. The third-order valence-electron chi connectivity index (χ3n) is 8.23. The fourth-order valence-corrected chi connectivity index (χ4v) is 9.07. The molecule has 2 amide bonds. The number of benzene rings is 1. The standard InChI is InChI=1S/C19H23N4O6PS.C17H26N4O3S2/c1-13(23(12-24)11-16-10-21-14(2)22-18(16)20)17(8-9-29-30(26,27)28)31-19(25)15-6-4-3-5-7-15;1-12(16(5-6-22)26-25-10-15-4-3-7-24-15)21(11-23)9-14-8-19-13(2)20-17(14)18/h3-7,10,12H,8-9,11H2,1-2H3,(H2,20,21,22)(H2,26,27,28);8,11,15,22H,3-7,9-10H2,1-2H3,(H2,18,19,20)/b17-13-;16-12+. The topological polar surface area (TPSA) is 258 Å². The van der Waals surface area contributed by atoms with Crippen LogP contribution in [0.3, 0.4) is 0 Å². The first-order valence-electron chi connectivity index (χ1n) is 17.6. The van der Waals surface area contributed by atoms with Gasteiger partial charge < -0.3 is 40.9 Å². The van der Waals surface area contributed by atoms with Crippen molar-refractivity contribution in [1.29, 1.82) is 0 Å². The van der Waals surface area contributed by atoms with E-state index in [0.717, 1.165) is 54.0 Å². The van der Waals surface area contributed by atoms with Crippen LogP contribution in [0, 0.1) is 13.8 Å². The zero-order valence-electron chi connectivity index (χ0n) is 32.1. The number of anilines is 2. The lowest BCUT2D eigenvalue weighted by Gasteiger charge is -2.22. The number of ether oxygens (including phenoxy) is 1. The van der Waals surface area contributed by atoms with E-state index in [1.807, 2.05) is 6.92 Å². The van der Waals surface area contributed by atoms with Crippen molar-refractivity contribution < 1.29 is 43.1 Å². The maximum Gasteiger partial charge on any atom is 0.469 e. The first-order chi connectivity index (χ1) is 27.1. The molecule has 21 heteroatoms. The zero-order valence-corrected chi connectivity index (χ0v) is 35.5. The Morgan fingerprint density at radius 1 is 0.947 bits per heavy atom. The highest BCUT2D eigenvalue weighted by Crippen LogP contribution is 2.38. The summed E-state index contributed by atoms with van der Waals surface area (Å²) in [5, 5.41) is 9.10. The number of amides is 2. The van der Waals surface area contributed by atoms with Crippen LogP contribution in [0.5, 0.6) is 0 Å². The summed E-state index contributed by atoms with van der Waals surface area (Å²) in [6.07, 6.45) is 7.53. The molecule has 1 saturated heterocycles. The molecule has 0 radical (unpaired) electrons. The molecule has 1 aliphatic rings. The van der Waals surface area contributed by atoms with E-state index in [0.29, 0.717) is 70.2 Å². The molecule has 1 fully saturated rings. The second kappa shape index (κ2) is 24.2. The SMILES string of the molecule is C/C(=C(/CCO)SSCC1CCCO1)N(C=O)Cc1cnc(C)nc1N.C/C(=C(\CCOP(=O)(O)O)SC(=O)c1ccccc1)N(C=O)Cc1cnc(C)nc1N. The summed E-state index contributed by atoms with van der Waals surface area (Å²) in [5.74, 6) is 2.59. The van der Waals surface area contributed by atoms with Crippen LogP contribution in [0.1, 0.15) is 72.7 Å². The minimum absolute atomic E-state index is 0.00437. The van der Waals surface area contributed by atoms with Crippen molar-refractivity contribution in [1.82, 2.24) is 29.7 Å². The molecule has 0 bridgehead atoms. The van der Waals surface area contributed by atoms with Gasteiger partial charge in [0, 0.05) is 82.1 Å². The van der Waals surface area contributed by atoms with Crippen LogP contribution in [0.4, 0.5) is 11.6 Å². The number of nitrogens with two attached hydrogens (primary N) is 2. The monoisotopic (exact) mass is 864 g/mol. The van der Waals surface area contributed by atoms with Gasteiger partial charge in [0.1, 0.15) is 23.3 Å². The number of carbonyl (C=O) groups is 3. The molecule has 0 aliphatic carbocycles. The highest BCUT2D eigenvalue weighted by molar-refractivity contribution is 8.78. The van der Waals surface area contributed by atoms with Crippen molar-refractivity contribution >= 4 is 70.7 Å². The predicted octanol–water partition coefficient (Wildman–Crippen LogP) is 5.13. The lowest BCUT2D eigenvalue weighted by molar-refractivity contribution is -0.117. The van der Waals surface area contributed by atoms with Crippen LogP contribution < -0.4 is 11.5 Å². The van der Waals surface area contributed by atoms with Gasteiger partial charge in [0.15, 0.2) is 0 Å². The largest absolute Gasteiger partial charge is 0.469 e. The molecular formula is C36H49N8O9PS3. The van der Waals surface area contributed by atoms with Gasteiger partial charge in [-0.25, -0.2) is 24.5 Å². The minimum atomic E-state index is -4.67. The number of rotatable bonds is 20. The summed E-state index contributed by atoms with van der Waals surface area (Å²) in [4.78, 5) is 74.7. The Labute approximate surface area is 344 Å². The lowest BCUT2D eigenvalue weighted by atomic mass is 10.2. The average Bonchev–Trinajstić information content (AvgIpc) is 3.70. The van der Waals surface area contributed by atoms with Gasteiger partial charge in [0.25, 0.3) is 0 Å². The van der Waals surface area contributed by atoms with Crippen LogP contribution in [-0.4, -0.2) is 94.2 Å². The molecule has 1 unspecified atom stereocenters. The van der Waals surface area contributed by atoms with Crippen molar-refractivity contribution in [2.24, 2.45) is 0 Å². The van der Waals surface area contributed by atoms with E-state index < -0.39 is 7.82 Å². The molecule has 3 aromatic rings. The normalized spacial score (nSPS) is 14.8. The number of hydrogen-bond acceptors (Lipinski definition) is 16. The Hall–Kier alpha value is -3.85. The number of thioether (sulfide) groups is 1. The van der Waals surface area contributed by atoms with Gasteiger partial charge >= 0.3 is 7.82 Å². The summed E-state index contributed by atoms with van der Waals surface area (Å²) in [6.45, 7) is 7.85. The summed E-state index contributed by atoms with van der Waals surface area (Å²) in [6, 6.07) is 8.52. The fraction of sp³-hybridized carbons (Fsp3) is 0.417. The molecule has 0 spiro atoms. The number of aromatic nitrogens is 4. The van der Waals surface area contributed by atoms with E-state index in [1.54, 1.807) is 83.8 Å². The van der Waals surface area contributed by atoms with E-state index in [4.69, 9.17) is 26.0 Å². The first-order valence-corrected chi connectivity index (χ1v) is 22.3. The fourth-order valence-electron chi connectivity index (χ4n) is 5.08. The highest BCUT2D eigenvalue weighted by atomic mass is 33.1. The Morgan fingerprint density at radius 2 is 1.51 bits per heavy atom. The van der Waals surface area contributed by atoms with Crippen molar-refractivity contribution in [2.45, 2.75) is 72.6 Å². The van der Waals surface area contributed by atoms with Crippen LogP contribution in [-0.2, 0) is 36.5 Å². The zero-order chi connectivity index (χ0) is 42.0. The maximum absolute atomic E-state index is 12.7. The van der Waals surface area contributed by atoms with Crippen LogP contribution in [0.2, 0.25) is 0 Å². The van der Waals surface area contributed by atoms with E-state index in [-0.39, 0.29) is 37.1 Å². The van der Waals surface area contributed by atoms with Crippen LogP contribution in [0.25, 0.3) is 0 Å². The second-order valence-corrected chi connectivity index (χ2v) is 17.2. The number of aliphatic hydroxyl groups excluding tert-OH is 1. The van der Waals surface area contributed by atoms with E-state index in [2.05, 4.69) is 24.5 Å². The number of hydrogen-bond donors (Lipinski definition) is 5. The minimum Gasteiger partial charge on any atom is -0.396 e. The first kappa shape index (κ1) is 47.5. The Kier molecular flexibility index (Phi) is 20.1. The van der Waals surface area contributed by atoms with Gasteiger partial charge in [-0.1, -0.05) is 51.9 Å². The second-order valence-electron chi connectivity index (χ2n) is 12.4. The van der Waals surface area contributed by atoms with Crippen molar-refractivity contribution in [3.8, 4) is 0 Å². The summed E-state index contributed by atoms with van der Waals surface area (Å²) in [5.41, 5.74) is 14.7. The Morgan fingerprint density at radius 3 is 1.98 bits per heavy atom. The van der Waals surface area contributed by atoms with Gasteiger partial charge in [-0.3, -0.25) is 18.9 Å². The number of aryl methyl sites for hydroxylation is 2. The van der Waals surface area contributed by atoms with Crippen molar-refractivity contribution in [3.05, 3.63) is 92.3 Å². The van der Waals surface area contributed by atoms with Gasteiger partial charge in [0.2, 0.25) is 17.9 Å². The molecule has 3 heterocycles. The van der Waals surface area contributed by atoms with Crippen LogP contribution in [0.15, 0.2) is 63.9 Å². The number of phosphoric ester groups is 1. The van der Waals surface area contributed by atoms with Gasteiger partial charge in [-0.15, -0.1) is 0 Å². The smallest absolute Gasteiger partial charge is 0.396 e. The third-order valence-corrected chi connectivity index (χ3v) is 12.6. The van der Waals surface area contributed by atoms with Gasteiger partial charge in [-0.2, -0.15) is 0 Å². The highest BCUT2D eigenvalue weighted by Gasteiger charge is 2.21. The number of carbonyl (C=O) groups excluding carboxylic acids is 3. The third kappa shape index (κ3) is 16.5. The van der Waals surface area contributed by atoms with Crippen LogP contribution >= 0.6 is 41.2 Å². The van der Waals surface area contributed by atoms with E-state index >= 15 is 0 Å². The lowest BCUT2D eigenvalue weighted by Crippen LogP contribution is -2.22. The molecule has 17 nitrogen and oxygen atoms in total. The molecule has 2 aromatic heterocycles. The molecule has 1 atom stereocenters. The molecule has 0 saturated carbocycles. The predicted molar refractivity (Wildman–Crippen MR) is 223 cm³/mol. The molecular weight excluding hydrogens is 816 g/mol. The molecule has 57 heavy (non-hydrogen) atoms. The quantitative estimate of drug-likeness (QED) is 0.0560. The Bertz CT molecular complexity index is 1910. The number of allylic oxidation sites excluding steroid dienone is 2. The number of phosphoric acid groups is 1. The maximum atomic E-state index is 12.7. The van der Waals surface area contributed by atoms with E-state index in [9.17, 15) is 24.1 Å². The molecule has 4 rings (SSSR count). The summed E-state index contributed by atoms with van der Waals surface area (Å²) >= 11 is 0.862.